The molecule has 1 atom stereocenters. The molecule has 2 aromatic heterocycles. The van der Waals surface area contributed by atoms with Crippen molar-refractivity contribution in [2.45, 2.75) is 10.8 Å². The second-order valence-corrected chi connectivity index (χ2v) is 11.1. The quantitative estimate of drug-likeness (QED) is 0.254. The Balaban J connectivity index is 1.73. The molecule has 2 aliphatic rings. The first-order chi connectivity index (χ1) is 16.1. The summed E-state index contributed by atoms with van der Waals surface area (Å²) in [5.41, 5.74) is 5.11. The van der Waals surface area contributed by atoms with Crippen molar-refractivity contribution in [3.8, 4) is 22.8 Å². The van der Waals surface area contributed by atoms with Crippen LogP contribution in [0.15, 0.2) is 48.3 Å². The Morgan fingerprint density at radius 1 is 1.33 bits per heavy atom. The molecular formula is C24H23FIN4O3-. The number of para-hydroxylation sites is 1. The second kappa shape index (κ2) is 9.05. The molecule has 0 aliphatic carbocycles. The van der Waals surface area contributed by atoms with E-state index in [1.54, 1.807) is 24.5 Å². The van der Waals surface area contributed by atoms with Gasteiger partial charge < -0.3 is 0 Å². The third-order valence-corrected chi connectivity index (χ3v) is 8.73. The number of carbonyl (C=O) groups excluding carboxylic acids is 1. The molecule has 3 aromatic rings. The van der Waals surface area contributed by atoms with Crippen LogP contribution in [0.1, 0.15) is 26.9 Å². The third kappa shape index (κ3) is 4.05. The van der Waals surface area contributed by atoms with Gasteiger partial charge in [-0.25, -0.2) is 0 Å². The molecule has 0 fully saturated rings. The first-order valence-corrected chi connectivity index (χ1v) is 13.3. The standard InChI is InChI=1S/C24H23FIN4O3/c1-13-6-8-26-16-10-28-24(31)19-21(16)30-20(14-7-9-27-11-18(14)33-12-13)22(19)29-17-5-3-4-15(25)23(17)32-2/h3-7,9,11,16,29-30H,8,10,12H2,1-2H3,(H,28,31)/q-1/b13-6-. The zero-order chi connectivity index (χ0) is 22.9. The normalized spacial score (nSPS) is 19.3. The van der Waals surface area contributed by atoms with Crippen LogP contribution in [0.5, 0.6) is 11.5 Å². The maximum absolute atomic E-state index is 14.4. The molecule has 0 saturated carbocycles. The zero-order valence-electron chi connectivity index (χ0n) is 18.2. The van der Waals surface area contributed by atoms with Crippen LogP contribution >= 0.6 is 0 Å². The average molecular weight is 561 g/mol. The van der Waals surface area contributed by atoms with Gasteiger partial charge in [0.2, 0.25) is 0 Å². The van der Waals surface area contributed by atoms with Crippen molar-refractivity contribution in [1.82, 2.24) is 15.3 Å². The third-order valence-electron chi connectivity index (χ3n) is 5.65. The molecule has 7 nitrogen and oxygen atoms in total. The molecule has 172 valence electrons. The van der Waals surface area contributed by atoms with E-state index in [0.29, 0.717) is 41.5 Å². The number of amides is 1. The van der Waals surface area contributed by atoms with Gasteiger partial charge in [-0.1, -0.05) is 0 Å². The van der Waals surface area contributed by atoms with Gasteiger partial charge in [0.1, 0.15) is 0 Å². The Morgan fingerprint density at radius 2 is 2.21 bits per heavy atom. The summed E-state index contributed by atoms with van der Waals surface area (Å²) >= 11 is -0.271. The molecule has 0 radical (unpaired) electrons. The van der Waals surface area contributed by atoms with Crippen molar-refractivity contribution in [2.75, 3.05) is 30.0 Å². The van der Waals surface area contributed by atoms with Crippen LogP contribution in [0.4, 0.5) is 15.8 Å². The van der Waals surface area contributed by atoms with Gasteiger partial charge in [0, 0.05) is 0 Å². The maximum atomic E-state index is 14.4. The molecule has 3 N–H and O–H groups in total. The Hall–Kier alpha value is -3.08. The van der Waals surface area contributed by atoms with E-state index in [2.05, 4.69) is 33.6 Å². The molecule has 2 aliphatic heterocycles. The Morgan fingerprint density at radius 3 is 3.06 bits per heavy atom. The SMILES string of the molecule is COc1c(F)cccc1Nc1c2[nH]c3c1C(=O)NCC3[I-]C/C=C(/C)COc1cnccc1-2. The number of rotatable bonds is 3. The van der Waals surface area contributed by atoms with Gasteiger partial charge in [0.25, 0.3) is 0 Å². The van der Waals surface area contributed by atoms with Gasteiger partial charge in [-0.05, 0) is 0 Å². The molecule has 2 bridgehead atoms. The van der Waals surface area contributed by atoms with E-state index in [1.165, 1.54) is 13.2 Å². The molecule has 0 spiro atoms. The predicted molar refractivity (Wildman–Crippen MR) is 119 cm³/mol. The Kier molecular flexibility index (Phi) is 5.96. The molecule has 1 amide bonds. The number of hydrogen-bond donors (Lipinski definition) is 3. The van der Waals surface area contributed by atoms with Crippen molar-refractivity contribution in [3.05, 3.63) is 65.4 Å². The van der Waals surface area contributed by atoms with E-state index < -0.39 is 5.82 Å². The van der Waals surface area contributed by atoms with Gasteiger partial charge in [-0.3, -0.25) is 0 Å². The summed E-state index contributed by atoms with van der Waals surface area (Å²) in [5, 5.41) is 6.34. The topological polar surface area (TPSA) is 88.3 Å². The fourth-order valence-electron chi connectivity index (χ4n) is 4.01. The number of fused-ring (bicyclic) bond motifs is 3. The number of aromatic amines is 1. The van der Waals surface area contributed by atoms with Gasteiger partial charge >= 0.3 is 201 Å². The zero-order valence-corrected chi connectivity index (χ0v) is 20.3. The fraction of sp³-hybridized carbons (Fsp3) is 0.250. The van der Waals surface area contributed by atoms with Gasteiger partial charge in [-0.15, -0.1) is 0 Å². The summed E-state index contributed by atoms with van der Waals surface area (Å²) in [5.74, 6) is 0.0404. The number of methoxy groups -OCH3 is 1. The number of pyridine rings is 1. The number of halogens is 2. The minimum atomic E-state index is -0.484. The van der Waals surface area contributed by atoms with Gasteiger partial charge in [0.05, 0.1) is 0 Å². The predicted octanol–water partition coefficient (Wildman–Crippen LogP) is 1.18. The first-order valence-electron chi connectivity index (χ1n) is 10.5. The number of aromatic nitrogens is 2. The number of nitrogens with one attached hydrogen (secondary N) is 3. The summed E-state index contributed by atoms with van der Waals surface area (Å²) in [4.78, 5) is 20.8. The number of allylic oxidation sites excluding steroid dienone is 1. The van der Waals surface area contributed by atoms with Crippen LogP contribution in [0.2, 0.25) is 0 Å². The molecule has 4 heterocycles. The van der Waals surface area contributed by atoms with Crippen molar-refractivity contribution in [2.24, 2.45) is 0 Å². The van der Waals surface area contributed by atoms with Crippen molar-refractivity contribution < 1.29 is 39.9 Å². The first kappa shape index (κ1) is 21.7. The summed E-state index contributed by atoms with van der Waals surface area (Å²) < 4.78 is 27.0. The molecule has 0 saturated heterocycles. The van der Waals surface area contributed by atoms with E-state index in [9.17, 15) is 9.18 Å². The molecule has 1 aromatic carbocycles. The summed E-state index contributed by atoms with van der Waals surface area (Å²) in [6.07, 6.45) is 5.58. The van der Waals surface area contributed by atoms with E-state index in [4.69, 9.17) is 9.47 Å². The van der Waals surface area contributed by atoms with Crippen LogP contribution in [0, 0.1) is 5.82 Å². The van der Waals surface area contributed by atoms with Crippen molar-refractivity contribution in [1.29, 1.82) is 0 Å². The number of H-pyrrole nitrogens is 1. The van der Waals surface area contributed by atoms with Gasteiger partial charge in [0.15, 0.2) is 0 Å². The van der Waals surface area contributed by atoms with Crippen LogP contribution in [0.25, 0.3) is 11.3 Å². The summed E-state index contributed by atoms with van der Waals surface area (Å²) in [7, 11) is 1.42. The Bertz CT molecular complexity index is 1260. The van der Waals surface area contributed by atoms with Crippen LogP contribution < -0.4 is 41.3 Å². The number of alkyl halides is 2. The number of carbonyl (C=O) groups is 1. The van der Waals surface area contributed by atoms with Crippen molar-refractivity contribution in [3.63, 3.8) is 0 Å². The fourth-order valence-corrected chi connectivity index (χ4v) is 7.07. The van der Waals surface area contributed by atoms with Crippen LogP contribution in [-0.2, 0) is 0 Å². The number of ether oxygens (including phenoxy) is 2. The molecule has 9 heteroatoms. The summed E-state index contributed by atoms with van der Waals surface area (Å²) in [6.45, 7) is 3.13. The number of hydrogen-bond acceptors (Lipinski definition) is 5. The summed E-state index contributed by atoms with van der Waals surface area (Å²) in [6, 6.07) is 6.52. The molecule has 1 unspecified atom stereocenters. The van der Waals surface area contributed by atoms with E-state index in [0.717, 1.165) is 21.3 Å². The average Bonchev–Trinajstić information content (AvgIpc) is 3.19. The molecule has 5 rings (SSSR count). The monoisotopic (exact) mass is 561 g/mol. The number of anilines is 2. The van der Waals surface area contributed by atoms with E-state index >= 15 is 0 Å². The number of benzene rings is 1. The van der Waals surface area contributed by atoms with E-state index in [1.807, 2.05) is 6.07 Å². The molecular weight excluding hydrogens is 538 g/mol. The van der Waals surface area contributed by atoms with Crippen molar-refractivity contribution >= 4 is 17.3 Å². The molecule has 33 heavy (non-hydrogen) atoms. The van der Waals surface area contributed by atoms with Crippen LogP contribution in [0.3, 0.4) is 0 Å². The second-order valence-electron chi connectivity index (χ2n) is 7.81. The Labute approximate surface area is 201 Å². The van der Waals surface area contributed by atoms with Gasteiger partial charge in [-0.2, -0.15) is 0 Å². The van der Waals surface area contributed by atoms with Crippen LogP contribution in [-0.4, -0.2) is 40.6 Å². The van der Waals surface area contributed by atoms with E-state index in [-0.39, 0.29) is 36.8 Å². The minimum absolute atomic E-state index is 0.0857. The number of nitrogens with zero attached hydrogens (tertiary/aromatic N) is 1.